The second-order valence-corrected chi connectivity index (χ2v) is 8.35. The van der Waals surface area contributed by atoms with Gasteiger partial charge in [0.25, 0.3) is 0 Å². The molecule has 0 aliphatic carbocycles. The number of rotatable bonds is 7. The lowest BCUT2D eigenvalue weighted by Crippen LogP contribution is -2.17. The molecule has 0 aliphatic rings. The van der Waals surface area contributed by atoms with Crippen LogP contribution in [0.2, 0.25) is 0 Å². The zero-order valence-electron chi connectivity index (χ0n) is 14.1. The molecule has 2 N–H and O–H groups in total. The van der Waals surface area contributed by atoms with Gasteiger partial charge in [0.1, 0.15) is 15.9 Å². The van der Waals surface area contributed by atoms with Crippen LogP contribution in [0.5, 0.6) is 0 Å². The fourth-order valence-electron chi connectivity index (χ4n) is 2.67. The Kier molecular flexibility index (Phi) is 4.78. The van der Waals surface area contributed by atoms with Crippen molar-refractivity contribution in [3.63, 3.8) is 0 Å². The summed E-state index contributed by atoms with van der Waals surface area (Å²) in [4.78, 5) is 4.43. The van der Waals surface area contributed by atoms with Gasteiger partial charge in [0.15, 0.2) is 0 Å². The van der Waals surface area contributed by atoms with Gasteiger partial charge in [-0.3, -0.25) is 0 Å². The Morgan fingerprint density at radius 3 is 2.56 bits per heavy atom. The topological polar surface area (TPSA) is 109 Å². The first-order chi connectivity index (χ1) is 11.8. The van der Waals surface area contributed by atoms with Gasteiger partial charge in [0.2, 0.25) is 11.7 Å². The monoisotopic (exact) mass is 363 g/mol. The number of aryl methyl sites for hydroxylation is 1. The predicted octanol–water partition coefficient (Wildman–Crippen LogP) is 1.28. The average molecular weight is 363 g/mol. The van der Waals surface area contributed by atoms with Gasteiger partial charge < -0.3 is 19.4 Å². The number of hydrogen-bond donors (Lipinski definition) is 1. The summed E-state index contributed by atoms with van der Waals surface area (Å²) >= 11 is 0. The standard InChI is InChI=1S/C16H21N5O3S/c1-20-8-5-6-13(20)14(21-9-3-4-10-21)15-18-16(24-19-15)12(17)7-11-25(2,22)23/h3-6,8-10,12,14H,7,11,17H2,1-2H3. The maximum absolute atomic E-state index is 11.3. The summed E-state index contributed by atoms with van der Waals surface area (Å²) in [6.07, 6.45) is 7.22. The van der Waals surface area contributed by atoms with Crippen molar-refractivity contribution in [2.45, 2.75) is 18.5 Å². The minimum Gasteiger partial charge on any atom is -0.352 e. The summed E-state index contributed by atoms with van der Waals surface area (Å²) in [5.74, 6) is 0.692. The molecule has 3 aromatic heterocycles. The molecule has 0 aliphatic heterocycles. The van der Waals surface area contributed by atoms with Crippen molar-refractivity contribution in [1.82, 2.24) is 19.3 Å². The van der Waals surface area contributed by atoms with E-state index < -0.39 is 15.9 Å². The molecule has 3 heterocycles. The van der Waals surface area contributed by atoms with Crippen LogP contribution < -0.4 is 5.73 Å². The summed E-state index contributed by atoms with van der Waals surface area (Å²) in [6.45, 7) is 0. The van der Waals surface area contributed by atoms with Crippen LogP contribution in [0.3, 0.4) is 0 Å². The number of nitrogens with two attached hydrogens (primary N) is 1. The van der Waals surface area contributed by atoms with Crippen molar-refractivity contribution in [3.8, 4) is 0 Å². The lowest BCUT2D eigenvalue weighted by atomic mass is 10.2. The molecule has 0 aromatic carbocycles. The van der Waals surface area contributed by atoms with Crippen molar-refractivity contribution in [1.29, 1.82) is 0 Å². The van der Waals surface area contributed by atoms with E-state index in [0.29, 0.717) is 5.82 Å². The molecule has 0 radical (unpaired) electrons. The van der Waals surface area contributed by atoms with E-state index in [0.717, 1.165) is 5.69 Å². The van der Waals surface area contributed by atoms with Gasteiger partial charge in [-0.15, -0.1) is 0 Å². The average Bonchev–Trinajstić information content (AvgIpc) is 3.28. The largest absolute Gasteiger partial charge is 0.352 e. The van der Waals surface area contributed by atoms with Gasteiger partial charge in [0, 0.05) is 37.6 Å². The first-order valence-electron chi connectivity index (χ1n) is 7.85. The fraction of sp³-hybridized carbons (Fsp3) is 0.375. The van der Waals surface area contributed by atoms with Crippen molar-refractivity contribution in [3.05, 3.63) is 60.3 Å². The third-order valence-corrected chi connectivity index (χ3v) is 4.99. The second kappa shape index (κ2) is 6.85. The molecular weight excluding hydrogens is 342 g/mol. The Morgan fingerprint density at radius 1 is 1.24 bits per heavy atom. The summed E-state index contributed by atoms with van der Waals surface area (Å²) in [5, 5.41) is 4.09. The highest BCUT2D eigenvalue weighted by molar-refractivity contribution is 7.90. The van der Waals surface area contributed by atoms with Crippen LogP contribution in [-0.2, 0) is 16.9 Å². The third kappa shape index (κ3) is 3.99. The maximum Gasteiger partial charge on any atom is 0.243 e. The molecule has 3 aromatic rings. The lowest BCUT2D eigenvalue weighted by Gasteiger charge is -2.16. The molecular formula is C16H21N5O3S. The van der Waals surface area contributed by atoms with Gasteiger partial charge in [0.05, 0.1) is 11.8 Å². The van der Waals surface area contributed by atoms with E-state index in [9.17, 15) is 8.42 Å². The van der Waals surface area contributed by atoms with Crippen LogP contribution in [0, 0.1) is 0 Å². The number of nitrogens with zero attached hydrogens (tertiary/aromatic N) is 4. The van der Waals surface area contributed by atoms with Crippen LogP contribution in [0.4, 0.5) is 0 Å². The Balaban J connectivity index is 1.89. The zero-order chi connectivity index (χ0) is 18.0. The first-order valence-corrected chi connectivity index (χ1v) is 9.91. The van der Waals surface area contributed by atoms with Crippen LogP contribution >= 0.6 is 0 Å². The zero-order valence-corrected chi connectivity index (χ0v) is 14.9. The van der Waals surface area contributed by atoms with E-state index in [1.165, 1.54) is 6.26 Å². The highest BCUT2D eigenvalue weighted by Crippen LogP contribution is 2.26. The smallest absolute Gasteiger partial charge is 0.243 e. The van der Waals surface area contributed by atoms with Gasteiger partial charge in [-0.25, -0.2) is 8.42 Å². The van der Waals surface area contributed by atoms with E-state index in [1.54, 1.807) is 0 Å². The van der Waals surface area contributed by atoms with Crippen LogP contribution in [0.1, 0.15) is 35.9 Å². The second-order valence-electron chi connectivity index (χ2n) is 6.09. The fourth-order valence-corrected chi connectivity index (χ4v) is 3.35. The summed E-state index contributed by atoms with van der Waals surface area (Å²) < 4.78 is 31.9. The van der Waals surface area contributed by atoms with E-state index >= 15 is 0 Å². The highest BCUT2D eigenvalue weighted by Gasteiger charge is 2.25. The quantitative estimate of drug-likeness (QED) is 0.677. The Hall–Kier alpha value is -2.39. The maximum atomic E-state index is 11.3. The molecule has 0 saturated heterocycles. The molecule has 25 heavy (non-hydrogen) atoms. The van der Waals surface area contributed by atoms with E-state index in [2.05, 4.69) is 10.1 Å². The molecule has 3 rings (SSSR count). The molecule has 0 bridgehead atoms. The summed E-state index contributed by atoms with van der Waals surface area (Å²) in [5.41, 5.74) is 7.00. The Labute approximate surface area is 146 Å². The number of hydrogen-bond acceptors (Lipinski definition) is 6. The van der Waals surface area contributed by atoms with Crippen LogP contribution in [-0.4, -0.2) is 39.7 Å². The van der Waals surface area contributed by atoms with Gasteiger partial charge in [-0.2, -0.15) is 4.98 Å². The third-order valence-electron chi connectivity index (χ3n) is 4.01. The van der Waals surface area contributed by atoms with Crippen molar-refractivity contribution in [2.24, 2.45) is 12.8 Å². The molecule has 2 unspecified atom stereocenters. The highest BCUT2D eigenvalue weighted by atomic mass is 32.2. The molecule has 0 spiro atoms. The van der Waals surface area contributed by atoms with Gasteiger partial charge in [-0.1, -0.05) is 5.16 Å². The van der Waals surface area contributed by atoms with E-state index in [-0.39, 0.29) is 24.1 Å². The van der Waals surface area contributed by atoms with Gasteiger partial charge in [-0.05, 0) is 30.7 Å². The summed E-state index contributed by atoms with van der Waals surface area (Å²) in [7, 11) is -1.14. The van der Waals surface area contributed by atoms with Crippen molar-refractivity contribution in [2.75, 3.05) is 12.0 Å². The van der Waals surface area contributed by atoms with Crippen molar-refractivity contribution >= 4 is 9.84 Å². The minimum absolute atomic E-state index is 0.0231. The van der Waals surface area contributed by atoms with Crippen molar-refractivity contribution < 1.29 is 12.9 Å². The molecule has 0 saturated carbocycles. The molecule has 8 nitrogen and oxygen atoms in total. The lowest BCUT2D eigenvalue weighted by molar-refractivity contribution is 0.345. The molecule has 134 valence electrons. The SMILES string of the molecule is Cn1cccc1C(c1noc(C(N)CCS(C)(=O)=O)n1)n1cccc1. The predicted molar refractivity (Wildman–Crippen MR) is 92.6 cm³/mol. The Bertz CT molecular complexity index is 927. The molecule has 0 amide bonds. The van der Waals surface area contributed by atoms with Crippen LogP contribution in [0.25, 0.3) is 0 Å². The van der Waals surface area contributed by atoms with Gasteiger partial charge >= 0.3 is 0 Å². The van der Waals surface area contributed by atoms with E-state index in [4.69, 9.17) is 10.3 Å². The molecule has 0 fully saturated rings. The number of sulfone groups is 1. The summed E-state index contributed by atoms with van der Waals surface area (Å²) in [6, 6.07) is 6.92. The van der Waals surface area contributed by atoms with E-state index in [1.807, 2.05) is 59.0 Å². The van der Waals surface area contributed by atoms with Crippen LogP contribution in [0.15, 0.2) is 47.4 Å². The molecule has 9 heteroatoms. The minimum atomic E-state index is -3.09. The Morgan fingerprint density at radius 2 is 1.96 bits per heavy atom. The first kappa shape index (κ1) is 17.4. The molecule has 2 atom stereocenters. The number of aromatic nitrogens is 4. The normalized spacial score (nSPS) is 14.5.